The summed E-state index contributed by atoms with van der Waals surface area (Å²) in [4.78, 5) is 16.8. The van der Waals surface area contributed by atoms with Gasteiger partial charge in [0.2, 0.25) is 0 Å². The minimum Gasteiger partial charge on any atom is -0.444 e. The zero-order chi connectivity index (χ0) is 14.9. The van der Waals surface area contributed by atoms with Gasteiger partial charge in [0.05, 0.1) is 10.4 Å². The quantitative estimate of drug-likeness (QED) is 0.847. The van der Waals surface area contributed by atoms with E-state index in [0.717, 1.165) is 24.1 Å². The van der Waals surface area contributed by atoms with Gasteiger partial charge < -0.3 is 10.1 Å². The van der Waals surface area contributed by atoms with Gasteiger partial charge in [-0.2, -0.15) is 0 Å². The Morgan fingerprint density at radius 1 is 1.38 bits per heavy atom. The summed E-state index contributed by atoms with van der Waals surface area (Å²) in [7, 11) is 0. The predicted molar refractivity (Wildman–Crippen MR) is 84.3 cm³/mol. The summed E-state index contributed by atoms with van der Waals surface area (Å²) >= 11 is 1.48. The van der Waals surface area contributed by atoms with E-state index < -0.39 is 0 Å². The molecule has 2 aromatic rings. The normalized spacial score (nSPS) is 11.9. The standard InChI is InChI=1S/C16H20N2O2S/c1-2-6-14(9-13-7-4-3-5-8-13)18-16(19)20-11-15-10-17-12-21-15/h3-5,7-8,10,12,14H,2,6,9,11H2,1H3,(H,18,19)/t14-/m1/s1. The summed E-state index contributed by atoms with van der Waals surface area (Å²) in [6.45, 7) is 2.39. The van der Waals surface area contributed by atoms with Gasteiger partial charge in [-0.25, -0.2) is 4.79 Å². The fourth-order valence-corrected chi connectivity index (χ4v) is 2.64. The summed E-state index contributed by atoms with van der Waals surface area (Å²) < 4.78 is 5.22. The number of hydrogen-bond donors (Lipinski definition) is 1. The van der Waals surface area contributed by atoms with Gasteiger partial charge in [-0.3, -0.25) is 4.98 Å². The summed E-state index contributed by atoms with van der Waals surface area (Å²) in [5.74, 6) is 0. The molecule has 0 bridgehead atoms. The fourth-order valence-electron chi connectivity index (χ4n) is 2.13. The van der Waals surface area contributed by atoms with Crippen molar-refractivity contribution in [3.63, 3.8) is 0 Å². The van der Waals surface area contributed by atoms with Crippen LogP contribution in [0.25, 0.3) is 0 Å². The second-order valence-corrected chi connectivity index (χ2v) is 5.83. The lowest BCUT2D eigenvalue weighted by atomic mass is 10.0. The van der Waals surface area contributed by atoms with E-state index in [0.29, 0.717) is 0 Å². The monoisotopic (exact) mass is 304 g/mol. The Kier molecular flexibility index (Phi) is 6.22. The molecule has 1 heterocycles. The first kappa shape index (κ1) is 15.5. The molecule has 1 atom stereocenters. The highest BCUT2D eigenvalue weighted by Crippen LogP contribution is 2.09. The highest BCUT2D eigenvalue weighted by Gasteiger charge is 2.13. The van der Waals surface area contributed by atoms with E-state index in [2.05, 4.69) is 29.4 Å². The van der Waals surface area contributed by atoms with Gasteiger partial charge in [-0.1, -0.05) is 43.7 Å². The Labute approximate surface area is 129 Å². The van der Waals surface area contributed by atoms with E-state index in [9.17, 15) is 4.79 Å². The Hall–Kier alpha value is -1.88. The number of thiazole rings is 1. The molecule has 0 saturated carbocycles. The average Bonchev–Trinajstić information content (AvgIpc) is 3.00. The van der Waals surface area contributed by atoms with Gasteiger partial charge in [0.25, 0.3) is 0 Å². The molecule has 0 fully saturated rings. The van der Waals surface area contributed by atoms with Crippen LogP contribution in [0.5, 0.6) is 0 Å². The van der Waals surface area contributed by atoms with Crippen molar-refractivity contribution in [2.45, 2.75) is 38.8 Å². The summed E-state index contributed by atoms with van der Waals surface area (Å²) in [5, 5.41) is 2.95. The Morgan fingerprint density at radius 3 is 2.86 bits per heavy atom. The molecule has 0 aliphatic rings. The molecule has 0 saturated heterocycles. The Morgan fingerprint density at radius 2 is 2.19 bits per heavy atom. The largest absolute Gasteiger partial charge is 0.444 e. The first-order valence-electron chi connectivity index (χ1n) is 7.12. The van der Waals surface area contributed by atoms with E-state index in [4.69, 9.17) is 4.74 Å². The third-order valence-corrected chi connectivity index (χ3v) is 3.87. The van der Waals surface area contributed by atoms with Crippen molar-refractivity contribution < 1.29 is 9.53 Å². The molecule has 0 spiro atoms. The van der Waals surface area contributed by atoms with Crippen LogP contribution in [0.3, 0.4) is 0 Å². The molecule has 4 nitrogen and oxygen atoms in total. The number of rotatable bonds is 7. The number of benzene rings is 1. The number of carbonyl (C=O) groups is 1. The minimum absolute atomic E-state index is 0.103. The number of amides is 1. The van der Waals surface area contributed by atoms with Crippen molar-refractivity contribution in [1.29, 1.82) is 0 Å². The molecular formula is C16H20N2O2S. The van der Waals surface area contributed by atoms with Crippen LogP contribution in [0.15, 0.2) is 42.0 Å². The average molecular weight is 304 g/mol. The summed E-state index contributed by atoms with van der Waals surface area (Å²) in [5.41, 5.74) is 2.95. The second kappa shape index (κ2) is 8.42. The van der Waals surface area contributed by atoms with Crippen LogP contribution < -0.4 is 5.32 Å². The van der Waals surface area contributed by atoms with Crippen molar-refractivity contribution in [3.8, 4) is 0 Å². The number of ether oxygens (including phenoxy) is 1. The molecule has 2 rings (SSSR count). The zero-order valence-electron chi connectivity index (χ0n) is 12.1. The highest BCUT2D eigenvalue weighted by atomic mass is 32.1. The van der Waals surface area contributed by atoms with Gasteiger partial charge in [-0.05, 0) is 18.4 Å². The van der Waals surface area contributed by atoms with Crippen LogP contribution in [-0.2, 0) is 17.8 Å². The van der Waals surface area contributed by atoms with Gasteiger partial charge >= 0.3 is 6.09 Å². The maximum absolute atomic E-state index is 11.9. The lowest BCUT2D eigenvalue weighted by Gasteiger charge is -2.18. The maximum atomic E-state index is 11.9. The van der Waals surface area contributed by atoms with Crippen LogP contribution in [0, 0.1) is 0 Å². The number of nitrogens with one attached hydrogen (secondary N) is 1. The summed E-state index contributed by atoms with van der Waals surface area (Å²) in [6, 6.07) is 10.3. The Bertz CT molecular complexity index is 528. The molecule has 1 N–H and O–H groups in total. The second-order valence-electron chi connectivity index (χ2n) is 4.86. The lowest BCUT2D eigenvalue weighted by molar-refractivity contribution is 0.136. The molecular weight excluding hydrogens is 284 g/mol. The van der Waals surface area contributed by atoms with Crippen molar-refractivity contribution in [2.75, 3.05) is 0 Å². The first-order chi connectivity index (χ1) is 10.3. The van der Waals surface area contributed by atoms with E-state index in [1.807, 2.05) is 18.2 Å². The van der Waals surface area contributed by atoms with E-state index in [1.54, 1.807) is 11.7 Å². The Balaban J connectivity index is 1.82. The van der Waals surface area contributed by atoms with E-state index >= 15 is 0 Å². The molecule has 1 aromatic carbocycles. The molecule has 5 heteroatoms. The number of alkyl carbamates (subject to hydrolysis) is 1. The van der Waals surface area contributed by atoms with Crippen LogP contribution in [0.1, 0.15) is 30.2 Å². The molecule has 112 valence electrons. The van der Waals surface area contributed by atoms with Crippen molar-refractivity contribution in [2.24, 2.45) is 0 Å². The van der Waals surface area contributed by atoms with Crippen molar-refractivity contribution in [3.05, 3.63) is 52.5 Å². The van der Waals surface area contributed by atoms with Crippen LogP contribution in [-0.4, -0.2) is 17.1 Å². The minimum atomic E-state index is -0.363. The van der Waals surface area contributed by atoms with Gasteiger partial charge in [0.1, 0.15) is 6.61 Å². The topological polar surface area (TPSA) is 51.2 Å². The van der Waals surface area contributed by atoms with Crippen molar-refractivity contribution >= 4 is 17.4 Å². The number of nitrogens with zero attached hydrogens (tertiary/aromatic N) is 1. The number of hydrogen-bond acceptors (Lipinski definition) is 4. The molecule has 1 aromatic heterocycles. The smallest absolute Gasteiger partial charge is 0.407 e. The maximum Gasteiger partial charge on any atom is 0.407 e. The molecule has 0 aliphatic heterocycles. The van der Waals surface area contributed by atoms with Crippen LogP contribution in [0.4, 0.5) is 4.79 Å². The lowest BCUT2D eigenvalue weighted by Crippen LogP contribution is -2.36. The van der Waals surface area contributed by atoms with E-state index in [-0.39, 0.29) is 18.7 Å². The van der Waals surface area contributed by atoms with E-state index in [1.165, 1.54) is 16.9 Å². The van der Waals surface area contributed by atoms with Crippen LogP contribution in [0.2, 0.25) is 0 Å². The van der Waals surface area contributed by atoms with Gasteiger partial charge in [0.15, 0.2) is 0 Å². The predicted octanol–water partition coefficient (Wildman–Crippen LogP) is 3.78. The third-order valence-electron chi connectivity index (χ3n) is 3.11. The third kappa shape index (κ3) is 5.55. The van der Waals surface area contributed by atoms with Crippen LogP contribution >= 0.6 is 11.3 Å². The molecule has 0 unspecified atom stereocenters. The molecule has 0 radical (unpaired) electrons. The molecule has 21 heavy (non-hydrogen) atoms. The van der Waals surface area contributed by atoms with Crippen molar-refractivity contribution in [1.82, 2.24) is 10.3 Å². The fraction of sp³-hybridized carbons (Fsp3) is 0.375. The summed E-state index contributed by atoms with van der Waals surface area (Å²) in [6.07, 6.45) is 4.13. The first-order valence-corrected chi connectivity index (χ1v) is 8.00. The molecule has 0 aliphatic carbocycles. The number of carbonyl (C=O) groups excluding carboxylic acids is 1. The van der Waals surface area contributed by atoms with Gasteiger partial charge in [-0.15, -0.1) is 11.3 Å². The van der Waals surface area contributed by atoms with Gasteiger partial charge in [0, 0.05) is 12.2 Å². The SMILES string of the molecule is CCC[C@H](Cc1ccccc1)NC(=O)OCc1cncs1. The zero-order valence-corrected chi connectivity index (χ0v) is 12.9. The number of aromatic nitrogens is 1. The molecule has 1 amide bonds. The highest BCUT2D eigenvalue weighted by molar-refractivity contribution is 7.09.